The highest BCUT2D eigenvalue weighted by molar-refractivity contribution is 7.86. The zero-order valence-corrected chi connectivity index (χ0v) is 11.6. The number of carbonyl (C=O) groups excluding carboxylic acids is 1. The van der Waals surface area contributed by atoms with Gasteiger partial charge in [-0.25, -0.2) is 0 Å². The molecule has 0 spiro atoms. The molecule has 0 saturated heterocycles. The predicted octanol–water partition coefficient (Wildman–Crippen LogP) is -0.268. The second kappa shape index (κ2) is 5.75. The summed E-state index contributed by atoms with van der Waals surface area (Å²) in [6.45, 7) is 0. The molecule has 0 unspecified atom stereocenters. The summed E-state index contributed by atoms with van der Waals surface area (Å²) < 4.78 is 60.0. The van der Waals surface area contributed by atoms with Crippen LogP contribution in [0.4, 0.5) is 11.4 Å². The molecule has 20 heavy (non-hydrogen) atoms. The molecule has 0 fully saturated rings. The molecule has 0 aliphatic heterocycles. The Labute approximate surface area is 115 Å². The molecule has 0 aliphatic rings. The number of hydrogen-bond donors (Lipinski definition) is 4. The third-order valence-electron chi connectivity index (χ3n) is 2.16. The van der Waals surface area contributed by atoms with Crippen molar-refractivity contribution in [3.8, 4) is 0 Å². The molecule has 5 N–H and O–H groups in total. The Bertz CT molecular complexity index is 725. The van der Waals surface area contributed by atoms with Crippen LogP contribution < -0.4 is 11.1 Å². The van der Waals surface area contributed by atoms with Gasteiger partial charge in [-0.1, -0.05) is 0 Å². The Balaban J connectivity index is 2.80. The van der Waals surface area contributed by atoms with Crippen LogP contribution in [0.15, 0.2) is 23.1 Å². The lowest BCUT2D eigenvalue weighted by molar-refractivity contribution is -0.115. The Morgan fingerprint density at radius 1 is 1.20 bits per heavy atom. The first kappa shape index (κ1) is 16.4. The highest BCUT2D eigenvalue weighted by atomic mass is 32.2. The summed E-state index contributed by atoms with van der Waals surface area (Å²) in [6.07, 6.45) is -0.473. The predicted molar refractivity (Wildman–Crippen MR) is 70.3 cm³/mol. The van der Waals surface area contributed by atoms with E-state index >= 15 is 0 Å². The van der Waals surface area contributed by atoms with Gasteiger partial charge in [0.25, 0.3) is 20.2 Å². The summed E-state index contributed by atoms with van der Waals surface area (Å²) in [5.41, 5.74) is 5.24. The van der Waals surface area contributed by atoms with E-state index in [1.54, 1.807) is 0 Å². The number of hydrogen-bond acceptors (Lipinski definition) is 6. The second-order valence-corrected chi connectivity index (χ2v) is 6.77. The summed E-state index contributed by atoms with van der Waals surface area (Å²) >= 11 is 0. The highest BCUT2D eigenvalue weighted by Crippen LogP contribution is 2.22. The van der Waals surface area contributed by atoms with Gasteiger partial charge in [0.05, 0.1) is 11.4 Å². The second-order valence-electron chi connectivity index (χ2n) is 3.81. The molecule has 1 amide bonds. The molecule has 0 heterocycles. The number of carbonyl (C=O) groups is 1. The normalized spacial score (nSPS) is 12.1. The molecule has 1 aromatic carbocycles. The minimum Gasteiger partial charge on any atom is -0.398 e. The monoisotopic (exact) mass is 324 g/mol. The quantitative estimate of drug-likeness (QED) is 0.424. The molecular formula is C9H12N2O7S2. The SMILES string of the molecule is Nc1cc(NC(=O)CCS(=O)(=O)O)ccc1S(=O)(=O)O. The maximum Gasteiger partial charge on any atom is 0.296 e. The van der Waals surface area contributed by atoms with E-state index in [0.717, 1.165) is 12.1 Å². The van der Waals surface area contributed by atoms with E-state index in [4.69, 9.17) is 14.8 Å². The van der Waals surface area contributed by atoms with Gasteiger partial charge in [0, 0.05) is 12.1 Å². The summed E-state index contributed by atoms with van der Waals surface area (Å²) in [6, 6.07) is 3.25. The maximum absolute atomic E-state index is 11.4. The fourth-order valence-corrected chi connectivity index (χ4v) is 2.35. The van der Waals surface area contributed by atoms with Crippen molar-refractivity contribution in [2.75, 3.05) is 16.8 Å². The molecule has 0 aliphatic carbocycles. The first-order valence-electron chi connectivity index (χ1n) is 5.11. The molecule has 11 heteroatoms. The zero-order valence-electron chi connectivity index (χ0n) is 9.98. The van der Waals surface area contributed by atoms with Crippen LogP contribution in [-0.2, 0) is 25.0 Å². The lowest BCUT2D eigenvalue weighted by Gasteiger charge is -2.07. The smallest absolute Gasteiger partial charge is 0.296 e. The van der Waals surface area contributed by atoms with Crippen molar-refractivity contribution in [3.05, 3.63) is 18.2 Å². The summed E-state index contributed by atoms with van der Waals surface area (Å²) in [7, 11) is -8.70. The maximum atomic E-state index is 11.4. The summed E-state index contributed by atoms with van der Waals surface area (Å²) in [5, 5.41) is 2.26. The van der Waals surface area contributed by atoms with Crippen LogP contribution in [0.3, 0.4) is 0 Å². The lowest BCUT2D eigenvalue weighted by Crippen LogP contribution is -2.17. The average molecular weight is 324 g/mol. The minimum atomic E-state index is -4.46. The van der Waals surface area contributed by atoms with Crippen molar-refractivity contribution in [1.29, 1.82) is 0 Å². The van der Waals surface area contributed by atoms with Gasteiger partial charge in [0.15, 0.2) is 0 Å². The van der Waals surface area contributed by atoms with Crippen LogP contribution in [0, 0.1) is 0 Å². The third kappa shape index (κ3) is 5.13. The molecule has 1 aromatic rings. The van der Waals surface area contributed by atoms with Gasteiger partial charge in [0.1, 0.15) is 4.90 Å². The van der Waals surface area contributed by atoms with Gasteiger partial charge in [-0.05, 0) is 18.2 Å². The first-order valence-corrected chi connectivity index (χ1v) is 8.16. The van der Waals surface area contributed by atoms with Gasteiger partial charge >= 0.3 is 0 Å². The van der Waals surface area contributed by atoms with Crippen molar-refractivity contribution in [2.24, 2.45) is 0 Å². The first-order chi connectivity index (χ1) is 8.99. The Kier molecular flexibility index (Phi) is 4.70. The fourth-order valence-electron chi connectivity index (χ4n) is 1.31. The minimum absolute atomic E-state index is 0.121. The van der Waals surface area contributed by atoms with E-state index in [-0.39, 0.29) is 11.4 Å². The van der Waals surface area contributed by atoms with Gasteiger partial charge < -0.3 is 11.1 Å². The van der Waals surface area contributed by atoms with Crippen LogP contribution in [-0.4, -0.2) is 37.6 Å². The standard InChI is InChI=1S/C9H12N2O7S2/c10-7-5-6(1-2-8(7)20(16,17)18)11-9(12)3-4-19(13,14)15/h1-2,5H,3-4,10H2,(H,11,12)(H,13,14,15)(H,16,17,18). The molecule has 0 bridgehead atoms. The van der Waals surface area contributed by atoms with Crippen LogP contribution in [0.2, 0.25) is 0 Å². The topological polar surface area (TPSA) is 164 Å². The Hall–Kier alpha value is -1.69. The molecule has 112 valence electrons. The van der Waals surface area contributed by atoms with Crippen LogP contribution >= 0.6 is 0 Å². The van der Waals surface area contributed by atoms with E-state index in [1.807, 2.05) is 0 Å². The average Bonchev–Trinajstić information content (AvgIpc) is 2.23. The van der Waals surface area contributed by atoms with E-state index in [0.29, 0.717) is 0 Å². The summed E-state index contributed by atoms with van der Waals surface area (Å²) in [4.78, 5) is 10.9. The van der Waals surface area contributed by atoms with E-state index in [1.165, 1.54) is 6.07 Å². The molecule has 0 aromatic heterocycles. The molecule has 0 radical (unpaired) electrons. The van der Waals surface area contributed by atoms with Gasteiger partial charge in [-0.2, -0.15) is 16.8 Å². The zero-order chi connectivity index (χ0) is 15.6. The molecule has 1 rings (SSSR count). The van der Waals surface area contributed by atoms with E-state index < -0.39 is 43.2 Å². The number of benzene rings is 1. The number of amides is 1. The third-order valence-corrected chi connectivity index (χ3v) is 3.81. The fraction of sp³-hybridized carbons (Fsp3) is 0.222. The van der Waals surface area contributed by atoms with Gasteiger partial charge in [-0.3, -0.25) is 13.9 Å². The largest absolute Gasteiger partial charge is 0.398 e. The highest BCUT2D eigenvalue weighted by Gasteiger charge is 2.15. The van der Waals surface area contributed by atoms with Gasteiger partial charge in [-0.15, -0.1) is 0 Å². The Morgan fingerprint density at radius 3 is 2.25 bits per heavy atom. The number of nitrogens with one attached hydrogen (secondary N) is 1. The van der Waals surface area contributed by atoms with Crippen molar-refractivity contribution < 1.29 is 30.7 Å². The number of rotatable bonds is 5. The van der Waals surface area contributed by atoms with Gasteiger partial charge in [0.2, 0.25) is 5.91 Å². The molecule has 0 saturated carbocycles. The lowest BCUT2D eigenvalue weighted by atomic mass is 10.2. The number of nitrogen functional groups attached to an aromatic ring is 1. The van der Waals surface area contributed by atoms with Crippen LogP contribution in [0.25, 0.3) is 0 Å². The van der Waals surface area contributed by atoms with Crippen molar-refractivity contribution in [3.63, 3.8) is 0 Å². The Morgan fingerprint density at radius 2 is 1.80 bits per heavy atom. The van der Waals surface area contributed by atoms with Crippen LogP contribution in [0.5, 0.6) is 0 Å². The molecule has 9 nitrogen and oxygen atoms in total. The molecule has 0 atom stereocenters. The van der Waals surface area contributed by atoms with E-state index in [9.17, 15) is 21.6 Å². The number of nitrogens with two attached hydrogens (primary N) is 1. The van der Waals surface area contributed by atoms with Crippen molar-refractivity contribution in [1.82, 2.24) is 0 Å². The van der Waals surface area contributed by atoms with E-state index in [2.05, 4.69) is 5.32 Å². The van der Waals surface area contributed by atoms with Crippen molar-refractivity contribution >= 4 is 37.5 Å². The van der Waals surface area contributed by atoms with Crippen LogP contribution in [0.1, 0.15) is 6.42 Å². The van der Waals surface area contributed by atoms with Crippen molar-refractivity contribution in [2.45, 2.75) is 11.3 Å². The molecular weight excluding hydrogens is 312 g/mol. The number of anilines is 2. The summed E-state index contributed by atoms with van der Waals surface area (Å²) in [5.74, 6) is -1.45.